The largest absolute Gasteiger partial charge is 0.385 e. The molecule has 0 fully saturated rings. The van der Waals surface area contributed by atoms with Crippen molar-refractivity contribution in [3.63, 3.8) is 0 Å². The van der Waals surface area contributed by atoms with Crippen molar-refractivity contribution in [1.29, 1.82) is 0 Å². The molecular formula is C15H22N4. The molecule has 0 unspecified atom stereocenters. The van der Waals surface area contributed by atoms with E-state index in [0.29, 0.717) is 5.92 Å². The average Bonchev–Trinajstić information content (AvgIpc) is 2.89. The van der Waals surface area contributed by atoms with Crippen LogP contribution in [0.4, 0.5) is 5.69 Å². The monoisotopic (exact) mass is 258 g/mol. The smallest absolute Gasteiger partial charge is 0.153 e. The molecule has 4 nitrogen and oxygen atoms in total. The molecule has 0 spiro atoms. The topological polar surface area (TPSA) is 53.6 Å². The summed E-state index contributed by atoms with van der Waals surface area (Å²) in [6.07, 6.45) is 1.94. The molecule has 2 rings (SSSR count). The van der Waals surface area contributed by atoms with E-state index in [2.05, 4.69) is 65.5 Å². The zero-order chi connectivity index (χ0) is 13.7. The molecule has 0 saturated heterocycles. The van der Waals surface area contributed by atoms with Gasteiger partial charge >= 0.3 is 0 Å². The van der Waals surface area contributed by atoms with Gasteiger partial charge in [-0.1, -0.05) is 32.9 Å². The first-order chi connectivity index (χ1) is 9.19. The van der Waals surface area contributed by atoms with Gasteiger partial charge in [-0.25, -0.2) is 4.98 Å². The summed E-state index contributed by atoms with van der Waals surface area (Å²) in [5, 5.41) is 10.6. The molecule has 0 radical (unpaired) electrons. The fourth-order valence-electron chi connectivity index (χ4n) is 1.86. The summed E-state index contributed by atoms with van der Waals surface area (Å²) in [7, 11) is 0. The number of hydrogen-bond acceptors (Lipinski definition) is 3. The zero-order valence-electron chi connectivity index (χ0n) is 11.9. The lowest BCUT2D eigenvalue weighted by Crippen LogP contribution is -2.06. The van der Waals surface area contributed by atoms with Gasteiger partial charge in [0.1, 0.15) is 5.82 Å². The fraction of sp³-hybridized carbons (Fsp3) is 0.467. The minimum absolute atomic E-state index is 0.375. The molecule has 2 aromatic rings. The number of aromatic nitrogens is 3. The SMILES string of the molecule is CCc1ccc(NCCc2nc(C(C)C)n[nH]2)cc1. The number of H-pyrrole nitrogens is 1. The Labute approximate surface area is 114 Å². The lowest BCUT2D eigenvalue weighted by molar-refractivity contribution is 0.780. The van der Waals surface area contributed by atoms with Crippen molar-refractivity contribution in [3.05, 3.63) is 41.5 Å². The van der Waals surface area contributed by atoms with Gasteiger partial charge in [0.25, 0.3) is 0 Å². The normalized spacial score (nSPS) is 10.9. The quantitative estimate of drug-likeness (QED) is 0.837. The molecule has 1 aromatic carbocycles. The molecule has 0 bridgehead atoms. The predicted molar refractivity (Wildman–Crippen MR) is 78.5 cm³/mol. The zero-order valence-corrected chi connectivity index (χ0v) is 11.9. The molecule has 4 heteroatoms. The lowest BCUT2D eigenvalue weighted by atomic mass is 10.1. The second-order valence-electron chi connectivity index (χ2n) is 5.02. The number of hydrogen-bond donors (Lipinski definition) is 2. The van der Waals surface area contributed by atoms with E-state index in [4.69, 9.17) is 0 Å². The molecule has 0 aliphatic heterocycles. The maximum Gasteiger partial charge on any atom is 0.153 e. The van der Waals surface area contributed by atoms with Crippen LogP contribution in [0.5, 0.6) is 0 Å². The Hall–Kier alpha value is -1.84. The third-order valence-corrected chi connectivity index (χ3v) is 3.12. The van der Waals surface area contributed by atoms with E-state index in [0.717, 1.165) is 36.7 Å². The van der Waals surface area contributed by atoms with Gasteiger partial charge in [0.15, 0.2) is 5.82 Å². The first kappa shape index (κ1) is 13.6. The van der Waals surface area contributed by atoms with E-state index in [1.54, 1.807) is 0 Å². The van der Waals surface area contributed by atoms with Crippen molar-refractivity contribution >= 4 is 5.69 Å². The van der Waals surface area contributed by atoms with Gasteiger partial charge in [0.2, 0.25) is 0 Å². The van der Waals surface area contributed by atoms with Gasteiger partial charge in [0.05, 0.1) is 0 Å². The maximum absolute atomic E-state index is 4.46. The van der Waals surface area contributed by atoms with Crippen molar-refractivity contribution in [2.24, 2.45) is 0 Å². The van der Waals surface area contributed by atoms with Crippen LogP contribution < -0.4 is 5.32 Å². The van der Waals surface area contributed by atoms with E-state index in [9.17, 15) is 0 Å². The van der Waals surface area contributed by atoms with Gasteiger partial charge in [-0.05, 0) is 24.1 Å². The van der Waals surface area contributed by atoms with Crippen LogP contribution in [-0.2, 0) is 12.8 Å². The van der Waals surface area contributed by atoms with Crippen LogP contribution in [0.25, 0.3) is 0 Å². The van der Waals surface area contributed by atoms with Crippen molar-refractivity contribution < 1.29 is 0 Å². The number of aromatic amines is 1. The van der Waals surface area contributed by atoms with E-state index in [-0.39, 0.29) is 0 Å². The second-order valence-corrected chi connectivity index (χ2v) is 5.02. The van der Waals surface area contributed by atoms with E-state index >= 15 is 0 Å². The lowest BCUT2D eigenvalue weighted by Gasteiger charge is -2.05. The van der Waals surface area contributed by atoms with Gasteiger partial charge in [0, 0.05) is 24.6 Å². The van der Waals surface area contributed by atoms with Crippen LogP contribution in [0.3, 0.4) is 0 Å². The highest BCUT2D eigenvalue weighted by Crippen LogP contribution is 2.10. The van der Waals surface area contributed by atoms with Crippen LogP contribution in [0, 0.1) is 0 Å². The van der Waals surface area contributed by atoms with Crippen LogP contribution in [-0.4, -0.2) is 21.7 Å². The van der Waals surface area contributed by atoms with Crippen molar-refractivity contribution in [2.45, 2.75) is 39.5 Å². The third kappa shape index (κ3) is 3.81. The van der Waals surface area contributed by atoms with Crippen molar-refractivity contribution in [3.8, 4) is 0 Å². The molecule has 0 aliphatic rings. The Morgan fingerprint density at radius 1 is 1.21 bits per heavy atom. The standard InChI is InChI=1S/C15H22N4/c1-4-12-5-7-13(8-6-12)16-10-9-14-17-15(11(2)3)19-18-14/h5-8,11,16H,4,9-10H2,1-3H3,(H,17,18,19). The number of nitrogens with one attached hydrogen (secondary N) is 2. The van der Waals surface area contributed by atoms with Crippen LogP contribution in [0.1, 0.15) is 43.9 Å². The number of rotatable bonds is 6. The number of anilines is 1. The first-order valence-electron chi connectivity index (χ1n) is 6.93. The Kier molecular flexibility index (Phi) is 4.55. The first-order valence-corrected chi connectivity index (χ1v) is 6.93. The van der Waals surface area contributed by atoms with Crippen molar-refractivity contribution in [2.75, 3.05) is 11.9 Å². The molecular weight excluding hydrogens is 236 g/mol. The molecule has 0 atom stereocenters. The minimum atomic E-state index is 0.375. The van der Waals surface area contributed by atoms with E-state index < -0.39 is 0 Å². The van der Waals surface area contributed by atoms with Gasteiger partial charge in [-0.3, -0.25) is 5.10 Å². The molecule has 1 aromatic heterocycles. The number of aryl methyl sites for hydroxylation is 1. The molecule has 0 saturated carbocycles. The summed E-state index contributed by atoms with van der Waals surface area (Å²) in [6.45, 7) is 7.22. The predicted octanol–water partition coefficient (Wildman–Crippen LogP) is 3.15. The summed E-state index contributed by atoms with van der Waals surface area (Å²) in [6, 6.07) is 8.57. The minimum Gasteiger partial charge on any atom is -0.385 e. The molecule has 0 amide bonds. The van der Waals surface area contributed by atoms with Crippen molar-refractivity contribution in [1.82, 2.24) is 15.2 Å². The Morgan fingerprint density at radius 3 is 2.53 bits per heavy atom. The summed E-state index contributed by atoms with van der Waals surface area (Å²) >= 11 is 0. The highest BCUT2D eigenvalue weighted by Gasteiger charge is 2.06. The number of nitrogens with zero attached hydrogens (tertiary/aromatic N) is 2. The molecule has 1 heterocycles. The summed E-state index contributed by atoms with van der Waals surface area (Å²) in [5.41, 5.74) is 2.52. The van der Waals surface area contributed by atoms with Crippen LogP contribution in [0.15, 0.2) is 24.3 Å². The molecule has 0 aliphatic carbocycles. The molecule has 2 N–H and O–H groups in total. The third-order valence-electron chi connectivity index (χ3n) is 3.12. The van der Waals surface area contributed by atoms with E-state index in [1.807, 2.05) is 0 Å². The number of benzene rings is 1. The Balaban J connectivity index is 1.81. The Bertz CT molecular complexity index is 499. The fourth-order valence-corrected chi connectivity index (χ4v) is 1.86. The van der Waals surface area contributed by atoms with Crippen LogP contribution >= 0.6 is 0 Å². The maximum atomic E-state index is 4.46. The summed E-state index contributed by atoms with van der Waals surface area (Å²) in [5.74, 6) is 2.21. The van der Waals surface area contributed by atoms with Gasteiger partial charge in [-0.2, -0.15) is 5.10 Å². The van der Waals surface area contributed by atoms with Gasteiger partial charge in [-0.15, -0.1) is 0 Å². The van der Waals surface area contributed by atoms with Crippen LogP contribution in [0.2, 0.25) is 0 Å². The molecule has 19 heavy (non-hydrogen) atoms. The Morgan fingerprint density at radius 2 is 1.95 bits per heavy atom. The highest BCUT2D eigenvalue weighted by molar-refractivity contribution is 5.44. The summed E-state index contributed by atoms with van der Waals surface area (Å²) < 4.78 is 0. The van der Waals surface area contributed by atoms with E-state index in [1.165, 1.54) is 5.56 Å². The highest BCUT2D eigenvalue weighted by atomic mass is 15.2. The van der Waals surface area contributed by atoms with Gasteiger partial charge < -0.3 is 5.32 Å². The average molecular weight is 258 g/mol. The second kappa shape index (κ2) is 6.36. The summed E-state index contributed by atoms with van der Waals surface area (Å²) in [4.78, 5) is 4.46. The molecule has 102 valence electrons.